The maximum absolute atomic E-state index is 13.0. The van der Waals surface area contributed by atoms with E-state index in [0.29, 0.717) is 42.9 Å². The summed E-state index contributed by atoms with van der Waals surface area (Å²) in [7, 11) is 0. The number of amides is 1. The number of benzene rings is 1. The highest BCUT2D eigenvalue weighted by Gasteiger charge is 2.36. The Labute approximate surface area is 158 Å². The first-order valence-corrected chi connectivity index (χ1v) is 10.3. The molecule has 2 bridgehead atoms. The summed E-state index contributed by atoms with van der Waals surface area (Å²) in [5.41, 5.74) is 2.42. The number of fused-ring (bicyclic) bond motifs is 3. The number of para-hydroxylation sites is 1. The minimum Gasteiger partial charge on any atom is -0.385 e. The molecular weight excluding hydrogens is 322 g/mol. The van der Waals surface area contributed by atoms with Crippen LogP contribution in [0.15, 0.2) is 24.3 Å². The van der Waals surface area contributed by atoms with Crippen LogP contribution in [0.25, 0.3) is 0 Å². The number of carbonyl (C=O) groups is 1. The molecule has 1 fully saturated rings. The van der Waals surface area contributed by atoms with Crippen LogP contribution in [0.1, 0.15) is 58.9 Å². The summed E-state index contributed by atoms with van der Waals surface area (Å²) in [5, 5.41) is 3.64. The van der Waals surface area contributed by atoms with Gasteiger partial charge in [0.2, 0.25) is 5.91 Å². The number of nitrogens with zero attached hydrogens (tertiary/aromatic N) is 2. The molecule has 2 aliphatic rings. The third kappa shape index (κ3) is 4.40. The van der Waals surface area contributed by atoms with E-state index in [1.54, 1.807) is 0 Å². The number of anilines is 1. The van der Waals surface area contributed by atoms with E-state index >= 15 is 0 Å². The van der Waals surface area contributed by atoms with Gasteiger partial charge in [0, 0.05) is 49.9 Å². The second-order valence-corrected chi connectivity index (χ2v) is 8.67. The topological polar surface area (TPSA) is 35.6 Å². The second kappa shape index (κ2) is 8.43. The Morgan fingerprint density at radius 2 is 1.85 bits per heavy atom. The molecule has 3 rings (SSSR count). The Kier molecular flexibility index (Phi) is 6.23. The van der Waals surface area contributed by atoms with E-state index in [4.69, 9.17) is 0 Å². The van der Waals surface area contributed by atoms with Crippen LogP contribution in [0.4, 0.5) is 5.69 Å². The molecule has 0 spiro atoms. The minimum absolute atomic E-state index is 0.293. The number of hydrogen-bond donors (Lipinski definition) is 1. The van der Waals surface area contributed by atoms with E-state index in [-0.39, 0.29) is 0 Å². The summed E-state index contributed by atoms with van der Waals surface area (Å²) >= 11 is 0. The lowest BCUT2D eigenvalue weighted by Crippen LogP contribution is -2.48. The van der Waals surface area contributed by atoms with E-state index in [9.17, 15) is 4.79 Å². The fourth-order valence-corrected chi connectivity index (χ4v) is 4.70. The SMILES string of the molecule is CC(C)CC(=O)N1Cc2ccccc2NCC[C@H]2CC[C@@H](C1)N2C(C)C. The van der Waals surface area contributed by atoms with Crippen molar-refractivity contribution >= 4 is 11.6 Å². The van der Waals surface area contributed by atoms with Crippen molar-refractivity contribution in [2.24, 2.45) is 5.92 Å². The fraction of sp³-hybridized carbons (Fsp3) is 0.682. The van der Waals surface area contributed by atoms with Crippen LogP contribution in [-0.2, 0) is 11.3 Å². The number of rotatable bonds is 3. The molecule has 0 unspecified atom stereocenters. The first-order chi connectivity index (χ1) is 12.5. The van der Waals surface area contributed by atoms with Crippen molar-refractivity contribution < 1.29 is 4.79 Å². The summed E-state index contributed by atoms with van der Waals surface area (Å²) in [4.78, 5) is 17.8. The highest BCUT2D eigenvalue weighted by atomic mass is 16.2. The van der Waals surface area contributed by atoms with Gasteiger partial charge in [0.15, 0.2) is 0 Å². The standard InChI is InChI=1S/C22H35N3O/c1-16(2)13-22(26)24-14-18-7-5-6-8-21(18)23-12-11-19-9-10-20(15-24)25(19)17(3)4/h5-8,16-17,19-20,23H,9-15H2,1-4H3/t19-,20+/m1/s1. The van der Waals surface area contributed by atoms with E-state index in [1.807, 2.05) is 0 Å². The molecule has 2 atom stereocenters. The number of nitrogens with one attached hydrogen (secondary N) is 1. The van der Waals surface area contributed by atoms with E-state index < -0.39 is 0 Å². The molecule has 1 aromatic rings. The molecule has 4 nitrogen and oxygen atoms in total. The van der Waals surface area contributed by atoms with E-state index in [1.165, 1.54) is 30.5 Å². The molecule has 26 heavy (non-hydrogen) atoms. The normalized spacial score (nSPS) is 24.3. The van der Waals surface area contributed by atoms with Crippen LogP contribution in [0.5, 0.6) is 0 Å². The molecular formula is C22H35N3O. The molecule has 0 aromatic heterocycles. The van der Waals surface area contributed by atoms with Crippen molar-refractivity contribution in [3.8, 4) is 0 Å². The summed E-state index contributed by atoms with van der Waals surface area (Å²) < 4.78 is 0. The molecule has 0 aliphatic carbocycles. The smallest absolute Gasteiger partial charge is 0.223 e. The summed E-state index contributed by atoms with van der Waals surface area (Å²) in [6, 6.07) is 10.1. The Balaban J connectivity index is 1.90. The predicted molar refractivity (Wildman–Crippen MR) is 108 cm³/mol. The zero-order valence-corrected chi connectivity index (χ0v) is 16.9. The Hall–Kier alpha value is -1.55. The van der Waals surface area contributed by atoms with Gasteiger partial charge < -0.3 is 10.2 Å². The molecule has 1 saturated heterocycles. The molecule has 1 aromatic carbocycles. The van der Waals surface area contributed by atoms with Crippen molar-refractivity contribution in [1.29, 1.82) is 0 Å². The molecule has 4 heteroatoms. The van der Waals surface area contributed by atoms with Crippen LogP contribution in [-0.4, -0.2) is 46.9 Å². The van der Waals surface area contributed by atoms with Crippen LogP contribution in [0, 0.1) is 5.92 Å². The number of carbonyl (C=O) groups excluding carboxylic acids is 1. The second-order valence-electron chi connectivity index (χ2n) is 8.67. The highest BCUT2D eigenvalue weighted by Crippen LogP contribution is 2.31. The fourth-order valence-electron chi connectivity index (χ4n) is 4.70. The lowest BCUT2D eigenvalue weighted by atomic mass is 10.1. The molecule has 2 heterocycles. The monoisotopic (exact) mass is 357 g/mol. The minimum atomic E-state index is 0.293. The summed E-state index contributed by atoms with van der Waals surface area (Å²) in [6.45, 7) is 11.4. The van der Waals surface area contributed by atoms with Gasteiger partial charge in [0.25, 0.3) is 0 Å². The lowest BCUT2D eigenvalue weighted by molar-refractivity contribution is -0.133. The lowest BCUT2D eigenvalue weighted by Gasteiger charge is -2.36. The zero-order valence-electron chi connectivity index (χ0n) is 16.9. The molecule has 1 N–H and O–H groups in total. The zero-order chi connectivity index (χ0) is 18.7. The molecule has 0 radical (unpaired) electrons. The Morgan fingerprint density at radius 3 is 2.58 bits per heavy atom. The van der Waals surface area contributed by atoms with Gasteiger partial charge in [-0.1, -0.05) is 32.0 Å². The predicted octanol–water partition coefficient (Wildman–Crippen LogP) is 4.12. The Bertz CT molecular complexity index is 613. The van der Waals surface area contributed by atoms with Crippen LogP contribution in [0.3, 0.4) is 0 Å². The average Bonchev–Trinajstić information content (AvgIpc) is 2.95. The Morgan fingerprint density at radius 1 is 1.12 bits per heavy atom. The van der Waals surface area contributed by atoms with Gasteiger partial charge >= 0.3 is 0 Å². The van der Waals surface area contributed by atoms with Crippen molar-refractivity contribution in [3.63, 3.8) is 0 Å². The molecule has 144 valence electrons. The van der Waals surface area contributed by atoms with Gasteiger partial charge in [-0.3, -0.25) is 9.69 Å². The van der Waals surface area contributed by atoms with Gasteiger partial charge in [-0.2, -0.15) is 0 Å². The van der Waals surface area contributed by atoms with Crippen LogP contribution >= 0.6 is 0 Å². The third-order valence-corrected chi connectivity index (χ3v) is 5.81. The summed E-state index contributed by atoms with van der Waals surface area (Å²) in [6.07, 6.45) is 4.25. The van der Waals surface area contributed by atoms with E-state index in [2.05, 4.69) is 67.1 Å². The largest absolute Gasteiger partial charge is 0.385 e. The van der Waals surface area contributed by atoms with Crippen molar-refractivity contribution in [2.45, 2.75) is 78.0 Å². The summed E-state index contributed by atoms with van der Waals surface area (Å²) in [5.74, 6) is 0.688. The van der Waals surface area contributed by atoms with Gasteiger partial charge in [-0.25, -0.2) is 0 Å². The van der Waals surface area contributed by atoms with Crippen molar-refractivity contribution in [2.75, 3.05) is 18.4 Å². The maximum Gasteiger partial charge on any atom is 0.223 e. The third-order valence-electron chi connectivity index (χ3n) is 5.81. The molecule has 0 saturated carbocycles. The molecule has 1 amide bonds. The van der Waals surface area contributed by atoms with Gasteiger partial charge in [-0.15, -0.1) is 0 Å². The van der Waals surface area contributed by atoms with Crippen LogP contribution < -0.4 is 5.32 Å². The maximum atomic E-state index is 13.0. The highest BCUT2D eigenvalue weighted by molar-refractivity contribution is 5.76. The number of hydrogen-bond acceptors (Lipinski definition) is 3. The van der Waals surface area contributed by atoms with Gasteiger partial charge in [0.1, 0.15) is 0 Å². The first kappa shape index (κ1) is 19.2. The van der Waals surface area contributed by atoms with Gasteiger partial charge in [0.05, 0.1) is 0 Å². The van der Waals surface area contributed by atoms with Gasteiger partial charge in [-0.05, 0) is 50.7 Å². The molecule has 2 aliphatic heterocycles. The van der Waals surface area contributed by atoms with Crippen molar-refractivity contribution in [3.05, 3.63) is 29.8 Å². The van der Waals surface area contributed by atoms with Crippen molar-refractivity contribution in [1.82, 2.24) is 9.80 Å². The average molecular weight is 358 g/mol. The first-order valence-electron chi connectivity index (χ1n) is 10.3. The van der Waals surface area contributed by atoms with Crippen LogP contribution in [0.2, 0.25) is 0 Å². The quantitative estimate of drug-likeness (QED) is 0.884. The van der Waals surface area contributed by atoms with E-state index in [0.717, 1.165) is 13.1 Å².